The lowest BCUT2D eigenvalue weighted by Gasteiger charge is -2.13. The topological polar surface area (TPSA) is 79.4 Å². The summed E-state index contributed by atoms with van der Waals surface area (Å²) in [7, 11) is 0. The van der Waals surface area contributed by atoms with Crippen LogP contribution < -0.4 is 10.2 Å². The average Bonchev–Trinajstić information content (AvgIpc) is 3.59. The Morgan fingerprint density at radius 2 is 1.68 bits per heavy atom. The zero-order chi connectivity index (χ0) is 25.1. The minimum Gasteiger partial charge on any atom is -0.325 e. The monoisotopic (exact) mass is 521 g/mol. The van der Waals surface area contributed by atoms with Crippen molar-refractivity contribution in [3.05, 3.63) is 95.1 Å². The van der Waals surface area contributed by atoms with Crippen LogP contribution in [0.25, 0.3) is 21.0 Å². The number of anilines is 2. The number of rotatable bonds is 5. The molecule has 0 radical (unpaired) electrons. The van der Waals surface area contributed by atoms with Crippen molar-refractivity contribution in [1.82, 2.24) is 4.98 Å². The van der Waals surface area contributed by atoms with Crippen molar-refractivity contribution in [3.8, 4) is 0 Å². The molecule has 1 aliphatic carbocycles. The Bertz CT molecular complexity index is 1750. The summed E-state index contributed by atoms with van der Waals surface area (Å²) in [6, 6.07) is 22.6. The van der Waals surface area contributed by atoms with Crippen molar-refractivity contribution in [2.45, 2.75) is 17.2 Å². The fourth-order valence-corrected chi connectivity index (χ4v) is 7.09. The van der Waals surface area contributed by atoms with Crippen LogP contribution in [-0.4, -0.2) is 28.5 Å². The predicted molar refractivity (Wildman–Crippen MR) is 148 cm³/mol. The van der Waals surface area contributed by atoms with Crippen molar-refractivity contribution in [2.24, 2.45) is 0 Å². The van der Waals surface area contributed by atoms with Gasteiger partial charge in [-0.2, -0.15) is 0 Å². The van der Waals surface area contributed by atoms with Crippen molar-refractivity contribution in [3.63, 3.8) is 0 Å². The molecule has 2 heterocycles. The van der Waals surface area contributed by atoms with Crippen LogP contribution in [0.4, 0.5) is 11.4 Å². The van der Waals surface area contributed by atoms with E-state index < -0.39 is 0 Å². The maximum absolute atomic E-state index is 12.8. The fraction of sp³-hybridized carbons (Fsp3) is 0.103. The van der Waals surface area contributed by atoms with Crippen molar-refractivity contribution in [1.29, 1.82) is 0 Å². The first-order valence-electron chi connectivity index (χ1n) is 11.9. The lowest BCUT2D eigenvalue weighted by Crippen LogP contribution is -2.29. The zero-order valence-corrected chi connectivity index (χ0v) is 21.1. The number of aromatic nitrogens is 1. The van der Waals surface area contributed by atoms with E-state index in [2.05, 4.69) is 34.6 Å². The molecular formula is C29H19N3O3S2. The van der Waals surface area contributed by atoms with Gasteiger partial charge < -0.3 is 5.32 Å². The molecule has 5 aromatic rings. The maximum Gasteiger partial charge on any atom is 0.266 e. The second-order valence-corrected chi connectivity index (χ2v) is 11.3. The van der Waals surface area contributed by atoms with E-state index in [-0.39, 0.29) is 23.5 Å². The van der Waals surface area contributed by atoms with E-state index in [1.165, 1.54) is 44.5 Å². The van der Waals surface area contributed by atoms with Gasteiger partial charge in [-0.3, -0.25) is 14.4 Å². The number of nitrogens with zero attached hydrogens (tertiary/aromatic N) is 2. The van der Waals surface area contributed by atoms with Gasteiger partial charge in [0.05, 0.1) is 32.8 Å². The summed E-state index contributed by atoms with van der Waals surface area (Å²) in [4.78, 5) is 44.3. The average molecular weight is 522 g/mol. The minimum absolute atomic E-state index is 0.0883. The van der Waals surface area contributed by atoms with Gasteiger partial charge in [-0.25, -0.2) is 9.88 Å². The number of amides is 3. The Hall–Kier alpha value is -4.01. The molecule has 2 aliphatic rings. The molecule has 1 aromatic heterocycles. The molecular weight excluding hydrogens is 502 g/mol. The number of benzene rings is 4. The highest BCUT2D eigenvalue weighted by Gasteiger charge is 2.36. The van der Waals surface area contributed by atoms with Gasteiger partial charge in [0.1, 0.15) is 0 Å². The molecule has 3 amide bonds. The maximum atomic E-state index is 12.8. The highest BCUT2D eigenvalue weighted by Crippen LogP contribution is 2.37. The molecule has 0 unspecified atom stereocenters. The van der Waals surface area contributed by atoms with E-state index in [4.69, 9.17) is 0 Å². The molecule has 0 saturated heterocycles. The number of imide groups is 1. The second kappa shape index (κ2) is 8.54. The van der Waals surface area contributed by atoms with Crippen molar-refractivity contribution in [2.75, 3.05) is 16.0 Å². The Balaban J connectivity index is 1.08. The lowest BCUT2D eigenvalue weighted by atomic mass is 10.0. The normalized spacial score (nSPS) is 14.1. The standard InChI is InChI=1S/C29H19N3O3S2/c33-25(30-22-12-10-17-9-8-16-4-3-7-21(22)26(16)17)15-36-29-31-23-13-11-18(14-24(23)37-29)32-27(34)19-5-1-2-6-20(19)28(32)35/h1-7,10-14H,8-9,15H2,(H,30,33). The van der Waals surface area contributed by atoms with Gasteiger partial charge in [0.2, 0.25) is 5.91 Å². The van der Waals surface area contributed by atoms with Crippen molar-refractivity contribution < 1.29 is 14.4 Å². The summed E-state index contributed by atoms with van der Waals surface area (Å²) in [5.41, 5.74) is 5.63. The number of hydrogen-bond acceptors (Lipinski definition) is 6. The minimum atomic E-state index is -0.321. The molecule has 0 spiro atoms. The number of aryl methyl sites for hydroxylation is 2. The molecule has 1 N–H and O–H groups in total. The number of nitrogens with one attached hydrogen (secondary N) is 1. The molecule has 0 atom stereocenters. The van der Waals surface area contributed by atoms with E-state index in [1.54, 1.807) is 30.3 Å². The Kier molecular flexibility index (Phi) is 5.12. The molecule has 7 rings (SSSR count). The summed E-state index contributed by atoms with van der Waals surface area (Å²) in [6.07, 6.45) is 2.10. The molecule has 6 nitrogen and oxygen atoms in total. The van der Waals surface area contributed by atoms with Gasteiger partial charge in [0.15, 0.2) is 4.34 Å². The fourth-order valence-electron chi connectivity index (χ4n) is 5.19. The second-order valence-electron chi connectivity index (χ2n) is 9.07. The Morgan fingerprint density at radius 1 is 0.919 bits per heavy atom. The highest BCUT2D eigenvalue weighted by atomic mass is 32.2. The van der Waals surface area contributed by atoms with Gasteiger partial charge in [0.25, 0.3) is 11.8 Å². The van der Waals surface area contributed by atoms with E-state index in [0.717, 1.165) is 38.5 Å². The third-order valence-corrected chi connectivity index (χ3v) is 9.04. The van der Waals surface area contributed by atoms with Crippen LogP contribution in [0.2, 0.25) is 0 Å². The van der Waals surface area contributed by atoms with E-state index in [1.807, 2.05) is 18.2 Å². The molecule has 8 heteroatoms. The van der Waals surface area contributed by atoms with Gasteiger partial charge in [-0.15, -0.1) is 11.3 Å². The van der Waals surface area contributed by atoms with E-state index in [9.17, 15) is 14.4 Å². The first-order valence-corrected chi connectivity index (χ1v) is 13.7. The summed E-state index contributed by atoms with van der Waals surface area (Å²) in [5.74, 6) is -0.499. The number of hydrogen-bond donors (Lipinski definition) is 1. The summed E-state index contributed by atoms with van der Waals surface area (Å²) < 4.78 is 1.61. The molecule has 0 saturated carbocycles. The third-order valence-electron chi connectivity index (χ3n) is 6.88. The van der Waals surface area contributed by atoms with Crippen LogP contribution in [0.15, 0.2) is 77.1 Å². The summed E-state index contributed by atoms with van der Waals surface area (Å²) in [5, 5.41) is 5.43. The third kappa shape index (κ3) is 3.63. The lowest BCUT2D eigenvalue weighted by molar-refractivity contribution is -0.113. The zero-order valence-electron chi connectivity index (χ0n) is 19.5. The summed E-state index contributed by atoms with van der Waals surface area (Å²) in [6.45, 7) is 0. The van der Waals surface area contributed by atoms with Gasteiger partial charge in [-0.05, 0) is 65.8 Å². The van der Waals surface area contributed by atoms with E-state index >= 15 is 0 Å². The molecule has 180 valence electrons. The predicted octanol–water partition coefficient (Wildman–Crippen LogP) is 6.08. The largest absolute Gasteiger partial charge is 0.325 e. The smallest absolute Gasteiger partial charge is 0.266 e. The molecule has 1 aliphatic heterocycles. The number of carbonyl (C=O) groups is 3. The first-order chi connectivity index (χ1) is 18.1. The van der Waals surface area contributed by atoms with Gasteiger partial charge in [0, 0.05) is 11.1 Å². The van der Waals surface area contributed by atoms with Crippen LogP contribution in [0, 0.1) is 0 Å². The Morgan fingerprint density at radius 3 is 2.46 bits per heavy atom. The van der Waals surface area contributed by atoms with Crippen LogP contribution in [0.5, 0.6) is 0 Å². The number of carbonyl (C=O) groups excluding carboxylic acids is 3. The van der Waals surface area contributed by atoms with E-state index in [0.29, 0.717) is 16.8 Å². The van der Waals surface area contributed by atoms with Crippen LogP contribution in [0.3, 0.4) is 0 Å². The molecule has 0 fully saturated rings. The summed E-state index contributed by atoms with van der Waals surface area (Å²) >= 11 is 2.82. The van der Waals surface area contributed by atoms with Gasteiger partial charge >= 0.3 is 0 Å². The van der Waals surface area contributed by atoms with Crippen LogP contribution in [0.1, 0.15) is 31.8 Å². The molecule has 0 bridgehead atoms. The highest BCUT2D eigenvalue weighted by molar-refractivity contribution is 8.01. The van der Waals surface area contributed by atoms with Crippen LogP contribution in [-0.2, 0) is 17.6 Å². The van der Waals surface area contributed by atoms with Crippen LogP contribution >= 0.6 is 23.1 Å². The van der Waals surface area contributed by atoms with Crippen molar-refractivity contribution >= 4 is 73.2 Å². The SMILES string of the molecule is O=C(CSc1nc2ccc(N3C(=O)c4ccccc4C3=O)cc2s1)Nc1ccc2c3c(cccc13)CC2. The Labute approximate surface area is 220 Å². The molecule has 37 heavy (non-hydrogen) atoms. The number of thiazole rings is 1. The quantitative estimate of drug-likeness (QED) is 0.224. The number of thioether (sulfide) groups is 1. The van der Waals surface area contributed by atoms with Gasteiger partial charge in [-0.1, -0.05) is 48.2 Å². The number of fused-ring (bicyclic) bond motifs is 2. The molecule has 4 aromatic carbocycles. The first kappa shape index (κ1) is 22.2.